The van der Waals surface area contributed by atoms with Gasteiger partial charge >= 0.3 is 39.5 Å². The molecule has 0 aromatic carbocycles. The molecule has 624 valence electrons. The van der Waals surface area contributed by atoms with Crippen molar-refractivity contribution in [1.82, 2.24) is 0 Å². The van der Waals surface area contributed by atoms with Gasteiger partial charge in [-0.3, -0.25) is 37.3 Å². The van der Waals surface area contributed by atoms with Gasteiger partial charge in [-0.25, -0.2) is 9.13 Å². The fourth-order valence-electron chi connectivity index (χ4n) is 13.4. The molecule has 0 fully saturated rings. The molecule has 19 heteroatoms. The molecule has 0 spiro atoms. The van der Waals surface area contributed by atoms with Gasteiger partial charge in [0.2, 0.25) is 0 Å². The Bertz CT molecular complexity index is 2010. The normalized spacial score (nSPS) is 13.8. The van der Waals surface area contributed by atoms with Crippen molar-refractivity contribution >= 4 is 39.5 Å². The van der Waals surface area contributed by atoms with Crippen LogP contribution in [0.25, 0.3) is 0 Å². The molecule has 0 amide bonds. The van der Waals surface area contributed by atoms with Gasteiger partial charge in [0.15, 0.2) is 12.2 Å². The van der Waals surface area contributed by atoms with Crippen LogP contribution in [0.5, 0.6) is 0 Å². The van der Waals surface area contributed by atoms with Gasteiger partial charge in [0.05, 0.1) is 26.4 Å². The molecule has 0 aromatic heterocycles. The van der Waals surface area contributed by atoms with Gasteiger partial charge in [-0.2, -0.15) is 0 Å². The number of hydrogen-bond acceptors (Lipinski definition) is 15. The van der Waals surface area contributed by atoms with Crippen LogP contribution in [-0.2, 0) is 65.4 Å². The minimum atomic E-state index is -4.97. The predicted octanol–water partition coefficient (Wildman–Crippen LogP) is 26.2. The second kappa shape index (κ2) is 77.4. The number of carbonyl (C=O) groups is 4. The molecule has 0 aliphatic heterocycles. The first-order valence-corrected chi connectivity index (χ1v) is 47.5. The number of phosphoric acid groups is 2. The van der Waals surface area contributed by atoms with Gasteiger partial charge in [0, 0.05) is 25.7 Å². The lowest BCUT2D eigenvalue weighted by Gasteiger charge is -2.21. The Morgan fingerprint density at radius 2 is 0.438 bits per heavy atom. The monoisotopic (exact) mass is 1540 g/mol. The van der Waals surface area contributed by atoms with Crippen molar-refractivity contribution in [3.63, 3.8) is 0 Å². The van der Waals surface area contributed by atoms with E-state index in [-0.39, 0.29) is 25.7 Å². The molecule has 0 saturated heterocycles. The van der Waals surface area contributed by atoms with Crippen LogP contribution in [0.2, 0.25) is 0 Å². The smallest absolute Gasteiger partial charge is 0.462 e. The van der Waals surface area contributed by atoms with Gasteiger partial charge in [0.1, 0.15) is 19.3 Å². The summed E-state index contributed by atoms with van der Waals surface area (Å²) in [6.07, 6.45) is 69.4. The Morgan fingerprint density at radius 3 is 0.648 bits per heavy atom. The average molecular weight is 1540 g/mol. The fraction of sp³-hybridized carbons (Fsp3) is 0.953. The van der Waals surface area contributed by atoms with Gasteiger partial charge in [-0.1, -0.05) is 408 Å². The van der Waals surface area contributed by atoms with Crippen molar-refractivity contribution in [2.75, 3.05) is 39.6 Å². The molecule has 105 heavy (non-hydrogen) atoms. The average Bonchev–Trinajstić information content (AvgIpc) is 0.936. The fourth-order valence-corrected chi connectivity index (χ4v) is 15.0. The Labute approximate surface area is 645 Å². The molecule has 0 bridgehead atoms. The molecule has 2 unspecified atom stereocenters. The van der Waals surface area contributed by atoms with Crippen molar-refractivity contribution in [1.29, 1.82) is 0 Å². The lowest BCUT2D eigenvalue weighted by Crippen LogP contribution is -2.30. The number of aliphatic hydroxyl groups is 1. The summed E-state index contributed by atoms with van der Waals surface area (Å²) in [6.45, 7) is 9.71. The number of ether oxygens (including phenoxy) is 4. The lowest BCUT2D eigenvalue weighted by molar-refractivity contribution is -0.161. The van der Waals surface area contributed by atoms with E-state index >= 15 is 0 Å². The van der Waals surface area contributed by atoms with Crippen LogP contribution >= 0.6 is 15.6 Å². The Balaban J connectivity index is 5.24. The second-order valence-electron chi connectivity index (χ2n) is 31.9. The summed E-state index contributed by atoms with van der Waals surface area (Å²) in [6, 6.07) is 0. The third kappa shape index (κ3) is 79.9. The van der Waals surface area contributed by atoms with E-state index in [1.165, 1.54) is 276 Å². The van der Waals surface area contributed by atoms with E-state index in [1.54, 1.807) is 0 Å². The Hall–Kier alpha value is -1.94. The van der Waals surface area contributed by atoms with Crippen molar-refractivity contribution in [2.45, 2.75) is 477 Å². The van der Waals surface area contributed by atoms with Gasteiger partial charge in [-0.15, -0.1) is 0 Å². The van der Waals surface area contributed by atoms with E-state index < -0.39 is 97.5 Å². The number of aliphatic hydroxyl groups excluding tert-OH is 1. The molecular weight excluding hydrogens is 1370 g/mol. The van der Waals surface area contributed by atoms with Crippen molar-refractivity contribution in [3.05, 3.63) is 0 Å². The molecule has 17 nitrogen and oxygen atoms in total. The van der Waals surface area contributed by atoms with E-state index in [9.17, 15) is 43.2 Å². The third-order valence-corrected chi connectivity index (χ3v) is 22.1. The molecule has 0 radical (unpaired) electrons. The first-order valence-electron chi connectivity index (χ1n) is 44.5. The molecule has 0 aliphatic rings. The van der Waals surface area contributed by atoms with E-state index in [0.717, 1.165) is 102 Å². The lowest BCUT2D eigenvalue weighted by atomic mass is 10.0. The van der Waals surface area contributed by atoms with E-state index in [1.807, 2.05) is 0 Å². The zero-order valence-corrected chi connectivity index (χ0v) is 70.8. The van der Waals surface area contributed by atoms with Crippen LogP contribution in [0, 0.1) is 11.8 Å². The van der Waals surface area contributed by atoms with E-state index in [0.29, 0.717) is 25.7 Å². The summed E-state index contributed by atoms with van der Waals surface area (Å²) in [5.41, 5.74) is 0. The second-order valence-corrected chi connectivity index (χ2v) is 34.8. The zero-order valence-electron chi connectivity index (χ0n) is 69.0. The molecule has 0 heterocycles. The van der Waals surface area contributed by atoms with E-state index in [4.69, 9.17) is 37.0 Å². The van der Waals surface area contributed by atoms with Crippen LogP contribution in [0.1, 0.15) is 459 Å². The van der Waals surface area contributed by atoms with Crippen LogP contribution in [-0.4, -0.2) is 96.7 Å². The molecule has 0 rings (SSSR count). The molecule has 0 aliphatic carbocycles. The number of esters is 4. The molecule has 0 aromatic rings. The minimum Gasteiger partial charge on any atom is -0.462 e. The summed E-state index contributed by atoms with van der Waals surface area (Å²) in [7, 11) is -9.93. The SMILES string of the molecule is CCCCCCCCCCCCCCCCCCCCC(=O)OC[C@H](COP(=O)(O)OC[C@@H](O)COP(=O)(O)OC[C@@H](COC(=O)CCCCCCCCCCCCCC)OC(=O)CCCCCCCCCCCCCC(C)C)OC(=O)CCCCCCCCCCCCCCCCCCCCC(C)C. The summed E-state index contributed by atoms with van der Waals surface area (Å²) in [5.74, 6) is -0.515. The van der Waals surface area contributed by atoms with Gasteiger partial charge < -0.3 is 33.8 Å². The highest BCUT2D eigenvalue weighted by atomic mass is 31.2. The summed E-state index contributed by atoms with van der Waals surface area (Å²) in [5, 5.41) is 10.7. The molecule has 5 atom stereocenters. The summed E-state index contributed by atoms with van der Waals surface area (Å²) < 4.78 is 68.9. The topological polar surface area (TPSA) is 237 Å². The first kappa shape index (κ1) is 103. The van der Waals surface area contributed by atoms with Crippen molar-refractivity contribution in [3.8, 4) is 0 Å². The summed E-state index contributed by atoms with van der Waals surface area (Å²) >= 11 is 0. The van der Waals surface area contributed by atoms with Gasteiger partial charge in [0.25, 0.3) is 0 Å². The van der Waals surface area contributed by atoms with Crippen LogP contribution < -0.4 is 0 Å². The largest absolute Gasteiger partial charge is 0.472 e. The number of hydrogen-bond donors (Lipinski definition) is 3. The van der Waals surface area contributed by atoms with Crippen LogP contribution in [0.15, 0.2) is 0 Å². The maximum atomic E-state index is 13.1. The van der Waals surface area contributed by atoms with Crippen LogP contribution in [0.4, 0.5) is 0 Å². The van der Waals surface area contributed by atoms with E-state index in [2.05, 4.69) is 41.5 Å². The highest BCUT2D eigenvalue weighted by Crippen LogP contribution is 2.45. The molecular formula is C86H168O17P2. The number of rotatable bonds is 85. The quantitative estimate of drug-likeness (QED) is 0.0222. The maximum absolute atomic E-state index is 13.1. The van der Waals surface area contributed by atoms with Crippen molar-refractivity contribution < 1.29 is 80.2 Å². The van der Waals surface area contributed by atoms with Crippen LogP contribution in [0.3, 0.4) is 0 Å². The first-order chi connectivity index (χ1) is 50.9. The third-order valence-electron chi connectivity index (χ3n) is 20.2. The Kier molecular flexibility index (Phi) is 76.0. The number of phosphoric ester groups is 2. The molecule has 0 saturated carbocycles. The highest BCUT2D eigenvalue weighted by molar-refractivity contribution is 7.47. The maximum Gasteiger partial charge on any atom is 0.472 e. The van der Waals surface area contributed by atoms with Gasteiger partial charge in [-0.05, 0) is 37.5 Å². The number of unbranched alkanes of at least 4 members (excludes halogenated alkanes) is 55. The Morgan fingerprint density at radius 1 is 0.257 bits per heavy atom. The predicted molar refractivity (Wildman–Crippen MR) is 432 cm³/mol. The standard InChI is InChI=1S/C86H168O17P2/c1-7-9-11-13-15-17-19-21-22-23-27-30-33-39-45-51-57-63-69-84(89)97-75-81(102-85(90)70-64-58-52-46-40-34-31-28-25-24-26-29-32-36-42-48-54-60-66-78(3)4)76-100-104(92,93)98-72-80(87)73-99-105(94,95)101-77-82(74-96-83(88)68-62-56-50-44-38-20-18-16-14-12-10-8-2)103-86(91)71-65-59-53-47-41-35-37-43-49-55-61-67-79(5)6/h78-82,87H,7-77H2,1-6H3,(H,92,93)(H,94,95)/t80-,81-,82-/m1/s1. The highest BCUT2D eigenvalue weighted by Gasteiger charge is 2.30. The van der Waals surface area contributed by atoms with Crippen molar-refractivity contribution in [2.24, 2.45) is 11.8 Å². The minimum absolute atomic E-state index is 0.107. The number of carbonyl (C=O) groups excluding carboxylic acids is 4. The summed E-state index contributed by atoms with van der Waals surface area (Å²) in [4.78, 5) is 73.2. The zero-order chi connectivity index (χ0) is 77.1. The molecule has 3 N–H and O–H groups in total.